The molecule has 0 radical (unpaired) electrons. The third-order valence-corrected chi connectivity index (χ3v) is 8.74. The number of carbonyl (C=O) groups is 1. The summed E-state index contributed by atoms with van der Waals surface area (Å²) in [5, 5.41) is 0. The number of hydrogen-bond donors (Lipinski definition) is 0. The van der Waals surface area contributed by atoms with Gasteiger partial charge in [-0.3, -0.25) is 4.79 Å². The average molecular weight is 461 g/mol. The highest BCUT2D eigenvalue weighted by molar-refractivity contribution is 7.88. The number of rotatable bonds is 3. The summed E-state index contributed by atoms with van der Waals surface area (Å²) in [4.78, 5) is 11.6. The van der Waals surface area contributed by atoms with Gasteiger partial charge in [0, 0.05) is 12.3 Å². The molecule has 0 heterocycles. The smallest absolute Gasteiger partial charge is 0.462 e. The van der Waals surface area contributed by atoms with Crippen molar-refractivity contribution >= 4 is 16.1 Å². The van der Waals surface area contributed by atoms with E-state index in [-0.39, 0.29) is 35.1 Å². The summed E-state index contributed by atoms with van der Waals surface area (Å²) in [5.41, 5.74) is -3.61. The Bertz CT molecular complexity index is 989. The summed E-state index contributed by atoms with van der Waals surface area (Å²) in [6.45, 7) is 5.81. The quantitative estimate of drug-likeness (QED) is 0.363. The first-order valence-electron chi connectivity index (χ1n) is 10.6. The van der Waals surface area contributed by atoms with Crippen molar-refractivity contribution in [1.82, 2.24) is 0 Å². The zero-order valence-corrected chi connectivity index (χ0v) is 18.6. The van der Waals surface area contributed by atoms with E-state index in [0.717, 1.165) is 36.8 Å². The van der Waals surface area contributed by atoms with Gasteiger partial charge in [0.2, 0.25) is 0 Å². The van der Waals surface area contributed by atoms with Crippen molar-refractivity contribution in [2.24, 2.45) is 23.2 Å². The van der Waals surface area contributed by atoms with Crippen LogP contribution in [0.15, 0.2) is 18.2 Å². The molecular formula is C22H27F3O5S. The van der Waals surface area contributed by atoms with Gasteiger partial charge in [0.05, 0.1) is 0 Å². The molecule has 3 aliphatic carbocycles. The van der Waals surface area contributed by atoms with E-state index >= 15 is 0 Å². The van der Waals surface area contributed by atoms with Crippen molar-refractivity contribution in [1.29, 1.82) is 0 Å². The van der Waals surface area contributed by atoms with Crippen LogP contribution < -0.4 is 4.18 Å². The highest BCUT2D eigenvalue weighted by Gasteiger charge is 2.57. The third kappa shape index (κ3) is 3.72. The molecule has 5 nitrogen and oxygen atoms in total. The molecule has 0 unspecified atom stereocenters. The minimum absolute atomic E-state index is 0.0670. The molecule has 6 atom stereocenters. The molecule has 3 aliphatic rings. The number of alkyl halides is 3. The second-order valence-corrected chi connectivity index (χ2v) is 11.1. The minimum Gasteiger partial charge on any atom is -0.462 e. The van der Waals surface area contributed by atoms with Crippen molar-refractivity contribution in [3.8, 4) is 5.75 Å². The van der Waals surface area contributed by atoms with E-state index < -0.39 is 15.6 Å². The molecule has 0 saturated heterocycles. The summed E-state index contributed by atoms with van der Waals surface area (Å²) in [7, 11) is -5.69. The molecule has 172 valence electrons. The first kappa shape index (κ1) is 22.4. The van der Waals surface area contributed by atoms with Crippen LogP contribution in [0.25, 0.3) is 0 Å². The molecule has 2 saturated carbocycles. The summed E-state index contributed by atoms with van der Waals surface area (Å²) >= 11 is 0. The van der Waals surface area contributed by atoms with Crippen LogP contribution in [0.1, 0.15) is 63.5 Å². The molecule has 1 aromatic carbocycles. The van der Waals surface area contributed by atoms with E-state index in [1.165, 1.54) is 19.1 Å². The number of halogens is 3. The molecule has 0 amide bonds. The standard InChI is InChI=1S/C22H27F3O5S/c1-12-10-14-11-15(30-31(27,28)22(23,24)25)4-5-16(14)17-8-9-21(3)18(20(12)17)6-7-19(21)29-13(2)26/h4-5,11-12,17-20H,6-10H2,1-3H3/t12-,17-,18+,19+,20-,21+/m1/s1. The fourth-order valence-electron chi connectivity index (χ4n) is 6.53. The maximum absolute atomic E-state index is 12.7. The van der Waals surface area contributed by atoms with E-state index in [4.69, 9.17) is 4.74 Å². The molecule has 0 aliphatic heterocycles. The van der Waals surface area contributed by atoms with Crippen LogP contribution >= 0.6 is 0 Å². The van der Waals surface area contributed by atoms with Crippen LogP contribution in [0.5, 0.6) is 5.75 Å². The Hall–Kier alpha value is -1.77. The van der Waals surface area contributed by atoms with Crippen molar-refractivity contribution in [2.45, 2.75) is 70.4 Å². The predicted octanol–water partition coefficient (Wildman–Crippen LogP) is 4.95. The Labute approximate surface area is 180 Å². The van der Waals surface area contributed by atoms with Crippen molar-refractivity contribution < 1.29 is 35.3 Å². The Kier molecular flexibility index (Phi) is 5.34. The zero-order valence-electron chi connectivity index (χ0n) is 17.7. The Morgan fingerprint density at radius 2 is 1.90 bits per heavy atom. The van der Waals surface area contributed by atoms with Crippen LogP contribution in [0.3, 0.4) is 0 Å². The topological polar surface area (TPSA) is 69.7 Å². The number of esters is 1. The molecule has 1 aromatic rings. The highest BCUT2D eigenvalue weighted by Crippen LogP contribution is 2.62. The van der Waals surface area contributed by atoms with E-state index in [1.807, 2.05) is 0 Å². The predicted molar refractivity (Wildman–Crippen MR) is 107 cm³/mol. The van der Waals surface area contributed by atoms with Crippen molar-refractivity contribution in [2.75, 3.05) is 0 Å². The molecule has 31 heavy (non-hydrogen) atoms. The summed E-state index contributed by atoms with van der Waals surface area (Å²) in [6.07, 6.45) is 4.21. The Morgan fingerprint density at radius 3 is 2.55 bits per heavy atom. The van der Waals surface area contributed by atoms with Gasteiger partial charge in [-0.2, -0.15) is 21.6 Å². The number of fused-ring (bicyclic) bond motifs is 5. The van der Waals surface area contributed by atoms with Gasteiger partial charge in [0.1, 0.15) is 11.9 Å². The van der Waals surface area contributed by atoms with Crippen molar-refractivity contribution in [3.63, 3.8) is 0 Å². The van der Waals surface area contributed by atoms with Gasteiger partial charge in [-0.15, -0.1) is 0 Å². The van der Waals surface area contributed by atoms with Gasteiger partial charge in [-0.1, -0.05) is 19.9 Å². The van der Waals surface area contributed by atoms with Crippen molar-refractivity contribution in [3.05, 3.63) is 29.3 Å². The highest BCUT2D eigenvalue weighted by atomic mass is 32.2. The molecule has 4 rings (SSSR count). The Balaban J connectivity index is 1.61. The average Bonchev–Trinajstić information content (AvgIpc) is 2.96. The van der Waals surface area contributed by atoms with Crippen LogP contribution in [0.4, 0.5) is 13.2 Å². The molecule has 0 aromatic heterocycles. The number of benzene rings is 1. The van der Waals surface area contributed by atoms with Gasteiger partial charge in [0.25, 0.3) is 0 Å². The van der Waals surface area contributed by atoms with Gasteiger partial charge in [-0.25, -0.2) is 0 Å². The molecular weight excluding hydrogens is 433 g/mol. The summed E-state index contributed by atoms with van der Waals surface area (Å²) < 4.78 is 70.7. The van der Waals surface area contributed by atoms with Gasteiger partial charge in [-0.05, 0) is 79.0 Å². The lowest BCUT2D eigenvalue weighted by atomic mass is 9.53. The number of hydrogen-bond acceptors (Lipinski definition) is 5. The first-order chi connectivity index (χ1) is 14.3. The molecule has 0 bridgehead atoms. The van der Waals surface area contributed by atoms with E-state index in [9.17, 15) is 26.4 Å². The monoisotopic (exact) mass is 460 g/mol. The number of ether oxygens (including phenoxy) is 1. The largest absolute Gasteiger partial charge is 0.534 e. The second-order valence-electron chi connectivity index (χ2n) is 9.54. The lowest BCUT2D eigenvalue weighted by molar-refractivity contribution is -0.155. The first-order valence-corrected chi connectivity index (χ1v) is 12.0. The van der Waals surface area contributed by atoms with Gasteiger partial charge in [0.15, 0.2) is 0 Å². The molecule has 0 N–H and O–H groups in total. The van der Waals surface area contributed by atoms with E-state index in [0.29, 0.717) is 18.3 Å². The molecule has 2 fully saturated rings. The van der Waals surface area contributed by atoms with Gasteiger partial charge >= 0.3 is 21.6 Å². The fraction of sp³-hybridized carbons (Fsp3) is 0.682. The fourth-order valence-corrected chi connectivity index (χ4v) is 6.98. The van der Waals surface area contributed by atoms with Gasteiger partial charge < -0.3 is 8.92 Å². The SMILES string of the molecule is CC(=O)O[C@H]1CC[C@H]2[C@@H]3[C@H](C)Cc4cc(OS(=O)(=O)C(F)(F)F)ccc4[C@H]3CC[C@]12C. The molecule has 9 heteroatoms. The van der Waals surface area contributed by atoms with Crippen LogP contribution in [0.2, 0.25) is 0 Å². The number of carbonyl (C=O) groups excluding carboxylic acids is 1. The maximum Gasteiger partial charge on any atom is 0.534 e. The van der Waals surface area contributed by atoms with Crippen LogP contribution in [-0.2, 0) is 26.1 Å². The maximum atomic E-state index is 12.7. The minimum atomic E-state index is -5.69. The van der Waals surface area contributed by atoms with E-state index in [2.05, 4.69) is 18.0 Å². The van der Waals surface area contributed by atoms with Crippen LogP contribution in [0, 0.1) is 23.2 Å². The molecule has 0 spiro atoms. The van der Waals surface area contributed by atoms with Crippen LogP contribution in [-0.4, -0.2) is 26.0 Å². The zero-order chi connectivity index (χ0) is 22.8. The lowest BCUT2D eigenvalue weighted by Crippen LogP contribution is -2.47. The van der Waals surface area contributed by atoms with E-state index in [1.54, 1.807) is 6.07 Å². The Morgan fingerprint density at radius 1 is 1.19 bits per heavy atom. The lowest BCUT2D eigenvalue weighted by Gasteiger charge is -2.52. The normalized spacial score (nSPS) is 35.0. The summed E-state index contributed by atoms with van der Waals surface area (Å²) in [6, 6.07) is 4.48. The third-order valence-electron chi connectivity index (χ3n) is 7.76. The second kappa shape index (κ2) is 7.39. The summed E-state index contributed by atoms with van der Waals surface area (Å²) in [5.74, 6) is 0.752.